The van der Waals surface area contributed by atoms with Gasteiger partial charge in [-0.3, -0.25) is 9.78 Å². The van der Waals surface area contributed by atoms with Gasteiger partial charge in [-0.1, -0.05) is 11.6 Å². The van der Waals surface area contributed by atoms with E-state index in [0.29, 0.717) is 0 Å². The Bertz CT molecular complexity index is 426. The molecule has 0 spiro atoms. The first-order chi connectivity index (χ1) is 8.01. The van der Waals surface area contributed by atoms with Crippen molar-refractivity contribution in [3.63, 3.8) is 0 Å². The smallest absolute Gasteiger partial charge is 0.310 e. The molecular weight excluding hydrogens is 256 g/mol. The van der Waals surface area contributed by atoms with Crippen LogP contribution in [0.5, 0.6) is 5.75 Å². The minimum Gasteiger partial charge on any atom is -0.494 e. The highest BCUT2D eigenvalue weighted by Gasteiger charge is 2.22. The number of aromatic nitrogens is 1. The van der Waals surface area contributed by atoms with Gasteiger partial charge in [0.05, 0.1) is 31.9 Å². The second kappa shape index (κ2) is 5.77. The van der Waals surface area contributed by atoms with Gasteiger partial charge in [-0.15, -0.1) is 0 Å². The van der Waals surface area contributed by atoms with Gasteiger partial charge >= 0.3 is 5.97 Å². The molecule has 1 aromatic rings. The predicted octanol–water partition coefficient (Wildman–Crippen LogP) is 2.40. The van der Waals surface area contributed by atoms with E-state index in [1.807, 2.05) is 0 Å². The highest BCUT2D eigenvalue weighted by molar-refractivity contribution is 6.33. The standard InChI is InChI=1S/C10H10ClF2NO3/c1-16-6-4-14-9(10(12)13)5(8(6)11)3-7(15)17-2/h4,10H,3H2,1-2H3. The Morgan fingerprint density at radius 1 is 1.53 bits per heavy atom. The molecule has 1 rings (SSSR count). The molecule has 1 aromatic heterocycles. The maximum absolute atomic E-state index is 12.7. The quantitative estimate of drug-likeness (QED) is 0.785. The summed E-state index contributed by atoms with van der Waals surface area (Å²) in [7, 11) is 2.48. The van der Waals surface area contributed by atoms with E-state index in [1.54, 1.807) is 0 Å². The third-order valence-electron chi connectivity index (χ3n) is 2.09. The van der Waals surface area contributed by atoms with Crippen LogP contribution in [0.25, 0.3) is 0 Å². The highest BCUT2D eigenvalue weighted by Crippen LogP contribution is 2.33. The Morgan fingerprint density at radius 3 is 2.65 bits per heavy atom. The van der Waals surface area contributed by atoms with E-state index in [9.17, 15) is 13.6 Å². The molecule has 0 N–H and O–H groups in total. The molecule has 0 aliphatic rings. The molecule has 0 radical (unpaired) electrons. The first-order valence-electron chi connectivity index (χ1n) is 4.57. The zero-order chi connectivity index (χ0) is 13.0. The number of nitrogens with zero attached hydrogens (tertiary/aromatic N) is 1. The normalized spacial score (nSPS) is 10.5. The van der Waals surface area contributed by atoms with Gasteiger partial charge in [0.25, 0.3) is 6.43 Å². The molecule has 7 heteroatoms. The van der Waals surface area contributed by atoms with Crippen LogP contribution in [0.4, 0.5) is 8.78 Å². The number of rotatable bonds is 4. The fraction of sp³-hybridized carbons (Fsp3) is 0.400. The lowest BCUT2D eigenvalue weighted by Crippen LogP contribution is -2.10. The zero-order valence-corrected chi connectivity index (χ0v) is 9.92. The third kappa shape index (κ3) is 3.03. The molecule has 0 aliphatic carbocycles. The monoisotopic (exact) mass is 265 g/mol. The molecular formula is C10H10ClF2NO3. The molecule has 0 unspecified atom stereocenters. The first-order valence-corrected chi connectivity index (χ1v) is 4.95. The summed E-state index contributed by atoms with van der Waals surface area (Å²) in [5.41, 5.74) is -0.617. The lowest BCUT2D eigenvalue weighted by molar-refractivity contribution is -0.139. The summed E-state index contributed by atoms with van der Waals surface area (Å²) < 4.78 is 34.6. The van der Waals surface area contributed by atoms with Crippen LogP contribution in [0.2, 0.25) is 5.02 Å². The van der Waals surface area contributed by atoms with E-state index in [4.69, 9.17) is 16.3 Å². The molecule has 94 valence electrons. The van der Waals surface area contributed by atoms with E-state index < -0.39 is 18.1 Å². The van der Waals surface area contributed by atoms with Crippen molar-refractivity contribution in [2.45, 2.75) is 12.8 Å². The molecule has 0 saturated carbocycles. The fourth-order valence-electron chi connectivity index (χ4n) is 1.24. The average molecular weight is 266 g/mol. The van der Waals surface area contributed by atoms with E-state index >= 15 is 0 Å². The van der Waals surface area contributed by atoms with Crippen molar-refractivity contribution in [2.75, 3.05) is 14.2 Å². The van der Waals surface area contributed by atoms with Crippen LogP contribution in [0.1, 0.15) is 17.7 Å². The van der Waals surface area contributed by atoms with Crippen molar-refractivity contribution < 1.29 is 23.0 Å². The minimum absolute atomic E-state index is 0.0526. The zero-order valence-electron chi connectivity index (χ0n) is 9.17. The molecule has 0 bridgehead atoms. The Morgan fingerprint density at radius 2 is 2.18 bits per heavy atom. The van der Waals surface area contributed by atoms with Crippen LogP contribution in [0.3, 0.4) is 0 Å². The summed E-state index contributed by atoms with van der Waals surface area (Å²) in [4.78, 5) is 14.6. The maximum Gasteiger partial charge on any atom is 0.310 e. The molecule has 0 aromatic carbocycles. The van der Waals surface area contributed by atoms with Crippen LogP contribution >= 0.6 is 11.6 Å². The second-order valence-corrected chi connectivity index (χ2v) is 3.44. The van der Waals surface area contributed by atoms with Gasteiger partial charge < -0.3 is 9.47 Å². The Balaban J connectivity index is 3.24. The predicted molar refractivity (Wildman–Crippen MR) is 56.5 cm³/mol. The van der Waals surface area contributed by atoms with Gasteiger partial charge in [0.15, 0.2) is 5.75 Å². The molecule has 0 aliphatic heterocycles. The SMILES string of the molecule is COC(=O)Cc1c(C(F)F)ncc(OC)c1Cl. The number of halogens is 3. The largest absolute Gasteiger partial charge is 0.494 e. The van der Waals surface area contributed by atoms with Gasteiger partial charge in [-0.05, 0) is 0 Å². The van der Waals surface area contributed by atoms with Crippen LogP contribution in [-0.2, 0) is 16.0 Å². The number of ether oxygens (including phenoxy) is 2. The van der Waals surface area contributed by atoms with Crippen molar-refractivity contribution in [1.29, 1.82) is 0 Å². The molecule has 1 heterocycles. The van der Waals surface area contributed by atoms with E-state index in [1.165, 1.54) is 7.11 Å². The maximum atomic E-state index is 12.7. The summed E-state index contributed by atoms with van der Waals surface area (Å²) in [6.45, 7) is 0. The van der Waals surface area contributed by atoms with Crippen LogP contribution in [0.15, 0.2) is 6.20 Å². The number of esters is 1. The van der Waals surface area contributed by atoms with Crippen molar-refractivity contribution in [1.82, 2.24) is 4.98 Å². The summed E-state index contributed by atoms with van der Waals surface area (Å²) in [5, 5.41) is -0.0526. The number of pyridine rings is 1. The molecule has 0 fully saturated rings. The Kier molecular flexibility index (Phi) is 4.62. The minimum atomic E-state index is -2.82. The number of methoxy groups -OCH3 is 2. The van der Waals surface area contributed by atoms with E-state index in [2.05, 4.69) is 9.72 Å². The fourth-order valence-corrected chi connectivity index (χ4v) is 1.53. The lowest BCUT2D eigenvalue weighted by Gasteiger charge is -2.11. The molecule has 0 saturated heterocycles. The summed E-state index contributed by atoms with van der Waals surface area (Å²) >= 11 is 5.85. The second-order valence-electron chi connectivity index (χ2n) is 3.06. The van der Waals surface area contributed by atoms with Crippen LogP contribution < -0.4 is 4.74 Å². The summed E-state index contributed by atoms with van der Waals surface area (Å²) in [6.07, 6.45) is -2.11. The topological polar surface area (TPSA) is 48.4 Å². The average Bonchev–Trinajstić information content (AvgIpc) is 2.30. The summed E-state index contributed by atoms with van der Waals surface area (Å²) in [6, 6.07) is 0. The van der Waals surface area contributed by atoms with Gasteiger partial charge in [-0.2, -0.15) is 0 Å². The highest BCUT2D eigenvalue weighted by atomic mass is 35.5. The third-order valence-corrected chi connectivity index (χ3v) is 2.50. The van der Waals surface area contributed by atoms with Crippen molar-refractivity contribution >= 4 is 17.6 Å². The number of carbonyl (C=O) groups is 1. The van der Waals surface area contributed by atoms with Gasteiger partial charge in [0.2, 0.25) is 0 Å². The molecule has 0 atom stereocenters. The Hall–Kier alpha value is -1.43. The van der Waals surface area contributed by atoms with Gasteiger partial charge in [0, 0.05) is 5.56 Å². The summed E-state index contributed by atoms with van der Waals surface area (Å²) in [5.74, 6) is -0.543. The number of alkyl halides is 2. The van der Waals surface area contributed by atoms with E-state index in [0.717, 1.165) is 13.3 Å². The van der Waals surface area contributed by atoms with Crippen molar-refractivity contribution in [3.8, 4) is 5.75 Å². The van der Waals surface area contributed by atoms with Gasteiger partial charge in [-0.25, -0.2) is 8.78 Å². The van der Waals surface area contributed by atoms with Crippen LogP contribution in [-0.4, -0.2) is 25.2 Å². The van der Waals surface area contributed by atoms with Crippen LogP contribution in [0, 0.1) is 0 Å². The van der Waals surface area contributed by atoms with Crippen molar-refractivity contribution in [3.05, 3.63) is 22.5 Å². The number of hydrogen-bond acceptors (Lipinski definition) is 4. The number of hydrogen-bond donors (Lipinski definition) is 0. The lowest BCUT2D eigenvalue weighted by atomic mass is 10.1. The van der Waals surface area contributed by atoms with Crippen molar-refractivity contribution in [2.24, 2.45) is 0 Å². The van der Waals surface area contributed by atoms with E-state index in [-0.39, 0.29) is 22.8 Å². The molecule has 0 amide bonds. The first kappa shape index (κ1) is 13.6. The molecule has 4 nitrogen and oxygen atoms in total. The van der Waals surface area contributed by atoms with Gasteiger partial charge in [0.1, 0.15) is 5.69 Å². The number of carbonyl (C=O) groups excluding carboxylic acids is 1. The molecule has 17 heavy (non-hydrogen) atoms. The Labute approximate surface area is 101 Å².